The van der Waals surface area contributed by atoms with Crippen molar-refractivity contribution in [2.24, 2.45) is 0 Å². The first-order chi connectivity index (χ1) is 32.1. The van der Waals surface area contributed by atoms with Gasteiger partial charge in [-0.15, -0.1) is 0 Å². The van der Waals surface area contributed by atoms with Crippen LogP contribution in [0.3, 0.4) is 0 Å². The van der Waals surface area contributed by atoms with Crippen LogP contribution in [0.4, 0.5) is 11.4 Å². The van der Waals surface area contributed by atoms with Gasteiger partial charge in [0.25, 0.3) is 0 Å². The highest BCUT2D eigenvalue weighted by Crippen LogP contribution is 2.33. The highest BCUT2D eigenvalue weighted by Gasteiger charge is 2.16. The van der Waals surface area contributed by atoms with Crippen LogP contribution < -0.4 is 11.5 Å². The molecule has 2 heteroatoms. The normalized spacial score (nSPS) is 12.5. The average Bonchev–Trinajstić information content (AvgIpc) is 3.33. The van der Waals surface area contributed by atoms with Crippen molar-refractivity contribution in [2.45, 2.75) is 250 Å². The van der Waals surface area contributed by atoms with E-state index >= 15 is 0 Å². The van der Waals surface area contributed by atoms with E-state index in [2.05, 4.69) is 111 Å². The van der Waals surface area contributed by atoms with Crippen LogP contribution >= 0.6 is 0 Å². The smallest absolute Gasteiger partial charge is 0.0314 e. The van der Waals surface area contributed by atoms with E-state index in [0.29, 0.717) is 11.8 Å². The summed E-state index contributed by atoms with van der Waals surface area (Å²) in [6.07, 6.45) is 47.7. The number of nitrogens with two attached hydrogens (primary N) is 2. The van der Waals surface area contributed by atoms with Crippen molar-refractivity contribution in [1.29, 1.82) is 0 Å². The van der Waals surface area contributed by atoms with Crippen molar-refractivity contribution in [3.05, 3.63) is 130 Å². The van der Waals surface area contributed by atoms with Crippen LogP contribution in [0.15, 0.2) is 97.1 Å². The fraction of sp³-hybridized carbons (Fsp3) is 0.619. The number of rotatable bonds is 40. The fourth-order valence-corrected chi connectivity index (χ4v) is 10.3. The Kier molecular flexibility index (Phi) is 29.7. The Morgan fingerprint density at radius 1 is 0.262 bits per heavy atom. The molecular formula is C63H98N2. The maximum Gasteiger partial charge on any atom is 0.0314 e. The van der Waals surface area contributed by atoms with Crippen molar-refractivity contribution in [3.8, 4) is 0 Å². The number of hydrogen-bond donors (Lipinski definition) is 2. The van der Waals surface area contributed by atoms with Crippen molar-refractivity contribution >= 4 is 11.4 Å². The zero-order valence-electron chi connectivity index (χ0n) is 42.3. The molecule has 65 heavy (non-hydrogen) atoms. The minimum Gasteiger partial charge on any atom is -0.399 e. The molecule has 2 atom stereocenters. The highest BCUT2D eigenvalue weighted by molar-refractivity contribution is 5.44. The average molecular weight is 883 g/mol. The van der Waals surface area contributed by atoms with E-state index in [0.717, 1.165) is 11.4 Å². The zero-order chi connectivity index (χ0) is 45.8. The quantitative estimate of drug-likeness (QED) is 0.0345. The molecule has 0 saturated heterocycles. The largest absolute Gasteiger partial charge is 0.399 e. The molecular weight excluding hydrogens is 785 g/mol. The monoisotopic (exact) mass is 883 g/mol. The SMILES string of the molecule is CCCCCCCCCCCCC(c1ccc(N)cc1)c1ccc(CCCCCCCCCCCCCc2ccc(C(CCCCCCCCCCCC)c3ccc(N)cc3)cc2)cc1. The van der Waals surface area contributed by atoms with Crippen LogP contribution in [0.25, 0.3) is 0 Å². The summed E-state index contributed by atoms with van der Waals surface area (Å²) in [5, 5.41) is 0. The highest BCUT2D eigenvalue weighted by atomic mass is 14.5. The fourth-order valence-electron chi connectivity index (χ4n) is 10.3. The molecule has 2 nitrogen and oxygen atoms in total. The Morgan fingerprint density at radius 2 is 0.477 bits per heavy atom. The van der Waals surface area contributed by atoms with Crippen LogP contribution in [0.5, 0.6) is 0 Å². The van der Waals surface area contributed by atoms with E-state index in [1.807, 2.05) is 0 Å². The molecule has 0 aromatic heterocycles. The molecule has 4 N–H and O–H groups in total. The molecule has 0 heterocycles. The van der Waals surface area contributed by atoms with Crippen LogP contribution in [-0.2, 0) is 12.8 Å². The van der Waals surface area contributed by atoms with E-state index in [9.17, 15) is 0 Å². The van der Waals surface area contributed by atoms with Crippen LogP contribution in [-0.4, -0.2) is 0 Å². The lowest BCUT2D eigenvalue weighted by Crippen LogP contribution is -2.02. The Balaban J connectivity index is 1.02. The van der Waals surface area contributed by atoms with Gasteiger partial charge in [-0.25, -0.2) is 0 Å². The van der Waals surface area contributed by atoms with E-state index < -0.39 is 0 Å². The summed E-state index contributed by atoms with van der Waals surface area (Å²) in [4.78, 5) is 0. The van der Waals surface area contributed by atoms with Gasteiger partial charge < -0.3 is 11.5 Å². The number of aryl methyl sites for hydroxylation is 2. The van der Waals surface area contributed by atoms with Gasteiger partial charge in [0.1, 0.15) is 0 Å². The molecule has 2 unspecified atom stereocenters. The number of unbranched alkanes of at least 4 members (excludes halogenated alkanes) is 28. The van der Waals surface area contributed by atoms with Gasteiger partial charge in [0.2, 0.25) is 0 Å². The molecule has 0 aliphatic rings. The summed E-state index contributed by atoms with van der Waals surface area (Å²) in [6.45, 7) is 4.60. The number of nitrogen functional groups attached to an aromatic ring is 2. The number of anilines is 2. The Hall–Kier alpha value is -3.52. The third-order valence-corrected chi connectivity index (χ3v) is 14.6. The molecule has 0 saturated carbocycles. The predicted octanol–water partition coefficient (Wildman–Crippen LogP) is 19.8. The van der Waals surface area contributed by atoms with Gasteiger partial charge in [0, 0.05) is 23.2 Å². The van der Waals surface area contributed by atoms with E-state index in [4.69, 9.17) is 11.5 Å². The minimum atomic E-state index is 0.464. The molecule has 360 valence electrons. The van der Waals surface area contributed by atoms with E-state index in [1.165, 1.54) is 258 Å². The van der Waals surface area contributed by atoms with E-state index in [1.54, 1.807) is 0 Å². The summed E-state index contributed by atoms with van der Waals surface area (Å²) < 4.78 is 0. The second-order valence-corrected chi connectivity index (χ2v) is 20.3. The summed E-state index contributed by atoms with van der Waals surface area (Å²) in [5.74, 6) is 0.929. The van der Waals surface area contributed by atoms with Gasteiger partial charge in [-0.2, -0.15) is 0 Å². The first-order valence-electron chi connectivity index (χ1n) is 28.0. The first-order valence-corrected chi connectivity index (χ1v) is 28.0. The molecule has 0 aliphatic heterocycles. The van der Waals surface area contributed by atoms with Crippen molar-refractivity contribution in [3.63, 3.8) is 0 Å². The molecule has 4 aromatic rings. The standard InChI is InChI=1S/C63H98N2/c1-3-5-7-9-11-13-20-24-28-32-36-62(58-46-50-60(64)51-47-58)56-42-38-54(39-43-56)34-30-26-22-18-16-15-17-19-23-27-31-35-55-40-44-57(45-41-55)63(59-48-52-61(65)53-49-59)37-33-29-25-21-14-12-10-8-6-4-2/h38-53,62-63H,3-37,64-65H2,1-2H3. The number of benzene rings is 4. The molecule has 0 aliphatic carbocycles. The molecule has 0 radical (unpaired) electrons. The second kappa shape index (κ2) is 35.6. The lowest BCUT2D eigenvalue weighted by Gasteiger charge is -2.19. The van der Waals surface area contributed by atoms with Gasteiger partial charge in [-0.3, -0.25) is 0 Å². The summed E-state index contributed by atoms with van der Waals surface area (Å²) >= 11 is 0. The van der Waals surface area contributed by atoms with Crippen LogP contribution in [0, 0.1) is 0 Å². The third kappa shape index (κ3) is 24.2. The maximum absolute atomic E-state index is 6.07. The Labute approximate surface area is 402 Å². The first kappa shape index (κ1) is 54.1. The lowest BCUT2D eigenvalue weighted by atomic mass is 9.86. The topological polar surface area (TPSA) is 52.0 Å². The minimum absolute atomic E-state index is 0.464. The Bertz CT molecular complexity index is 1540. The van der Waals surface area contributed by atoms with Gasteiger partial charge in [-0.1, -0.05) is 273 Å². The lowest BCUT2D eigenvalue weighted by molar-refractivity contribution is 0.540. The van der Waals surface area contributed by atoms with Gasteiger partial charge in [0.15, 0.2) is 0 Å². The zero-order valence-corrected chi connectivity index (χ0v) is 42.3. The van der Waals surface area contributed by atoms with Crippen LogP contribution in [0.1, 0.15) is 271 Å². The van der Waals surface area contributed by atoms with Crippen LogP contribution in [0.2, 0.25) is 0 Å². The number of hydrogen-bond acceptors (Lipinski definition) is 2. The van der Waals surface area contributed by atoms with Gasteiger partial charge >= 0.3 is 0 Å². The molecule has 4 rings (SSSR count). The molecule has 0 spiro atoms. The maximum atomic E-state index is 6.07. The molecule has 4 aromatic carbocycles. The third-order valence-electron chi connectivity index (χ3n) is 14.6. The Morgan fingerprint density at radius 3 is 0.738 bits per heavy atom. The van der Waals surface area contributed by atoms with E-state index in [-0.39, 0.29) is 0 Å². The van der Waals surface area contributed by atoms with Crippen molar-refractivity contribution in [2.75, 3.05) is 11.5 Å². The summed E-state index contributed by atoms with van der Waals surface area (Å²) in [7, 11) is 0. The molecule has 0 fully saturated rings. The van der Waals surface area contributed by atoms with Crippen molar-refractivity contribution in [1.82, 2.24) is 0 Å². The molecule has 0 amide bonds. The second-order valence-electron chi connectivity index (χ2n) is 20.3. The summed E-state index contributed by atoms with van der Waals surface area (Å²) in [6, 6.07) is 36.6. The van der Waals surface area contributed by atoms with Gasteiger partial charge in [0.05, 0.1) is 0 Å². The van der Waals surface area contributed by atoms with Gasteiger partial charge in [-0.05, 0) is 96.2 Å². The predicted molar refractivity (Wildman–Crippen MR) is 289 cm³/mol. The summed E-state index contributed by atoms with van der Waals surface area (Å²) in [5.41, 5.74) is 22.6. The van der Waals surface area contributed by atoms with Crippen molar-refractivity contribution < 1.29 is 0 Å². The molecule has 0 bridgehead atoms.